The van der Waals surface area contributed by atoms with Gasteiger partial charge in [-0.2, -0.15) is 5.10 Å². The molecule has 0 atom stereocenters. The molecule has 2 aromatic carbocycles. The molecule has 0 fully saturated rings. The Balaban J connectivity index is 1.70. The first-order chi connectivity index (χ1) is 20.2. The number of aryl methyl sites for hydroxylation is 4. The number of fused-ring (bicyclic) bond motifs is 1. The zero-order valence-electron chi connectivity index (χ0n) is 26.0. The molecule has 0 saturated carbocycles. The topological polar surface area (TPSA) is 95.4 Å². The van der Waals surface area contributed by atoms with Gasteiger partial charge in [0.25, 0.3) is 0 Å². The largest absolute Gasteiger partial charge is 0.494 e. The van der Waals surface area contributed by atoms with Gasteiger partial charge in [-0.1, -0.05) is 29.3 Å². The molecule has 0 aliphatic rings. The standard InChI is InChI=1S/C33H39Cl2N3O5/c1-9-41-32(40)31-23(11-10-14-42-22-15-18(2)29(35)19(3)16-22)24-12-13-25(34)28(30(24)36-31)27-20(4)37-38(21(27)5)17-26(39)43-33(6,7)8/h12-13,15-16,36H,9-11,14,17H2,1-8H3. The third-order valence-electron chi connectivity index (χ3n) is 7.09. The number of nitrogens with zero attached hydrogens (tertiary/aromatic N) is 2. The second kappa shape index (κ2) is 13.0. The summed E-state index contributed by atoms with van der Waals surface area (Å²) in [6, 6.07) is 7.59. The summed E-state index contributed by atoms with van der Waals surface area (Å²) in [5.41, 5.74) is 6.20. The fraction of sp³-hybridized carbons (Fsp3) is 0.424. The molecule has 0 saturated heterocycles. The Kier molecular flexibility index (Phi) is 9.82. The van der Waals surface area contributed by atoms with Crippen molar-refractivity contribution in [2.24, 2.45) is 0 Å². The number of H-pyrrole nitrogens is 1. The Morgan fingerprint density at radius 3 is 2.33 bits per heavy atom. The molecule has 4 rings (SSSR count). The van der Waals surface area contributed by atoms with E-state index in [4.69, 9.17) is 37.4 Å². The Morgan fingerprint density at radius 1 is 1.02 bits per heavy atom. The smallest absolute Gasteiger partial charge is 0.355 e. The van der Waals surface area contributed by atoms with Gasteiger partial charge >= 0.3 is 11.9 Å². The Hall–Kier alpha value is -3.49. The van der Waals surface area contributed by atoms with Crippen LogP contribution < -0.4 is 4.74 Å². The summed E-state index contributed by atoms with van der Waals surface area (Å²) >= 11 is 13.1. The van der Waals surface area contributed by atoms with Crippen LogP contribution in [0.3, 0.4) is 0 Å². The number of ether oxygens (including phenoxy) is 3. The van der Waals surface area contributed by atoms with Gasteiger partial charge in [0.15, 0.2) is 0 Å². The average molecular weight is 629 g/mol. The van der Waals surface area contributed by atoms with E-state index in [2.05, 4.69) is 10.1 Å². The first-order valence-corrected chi connectivity index (χ1v) is 15.1. The van der Waals surface area contributed by atoms with Crippen molar-refractivity contribution >= 4 is 46.0 Å². The summed E-state index contributed by atoms with van der Waals surface area (Å²) in [7, 11) is 0. The number of rotatable bonds is 10. The summed E-state index contributed by atoms with van der Waals surface area (Å²) in [6.07, 6.45) is 1.22. The van der Waals surface area contributed by atoms with Gasteiger partial charge in [0.05, 0.1) is 29.4 Å². The van der Waals surface area contributed by atoms with Crippen LogP contribution in [-0.4, -0.2) is 45.5 Å². The lowest BCUT2D eigenvalue weighted by molar-refractivity contribution is -0.155. The van der Waals surface area contributed by atoms with Crippen molar-refractivity contribution in [3.05, 3.63) is 68.1 Å². The summed E-state index contributed by atoms with van der Waals surface area (Å²) in [5.74, 6) is -0.0612. The molecular formula is C33H39Cl2N3O5. The SMILES string of the molecule is CCOC(=O)c1[nH]c2c(-c3c(C)nn(CC(=O)OC(C)(C)C)c3C)c(Cl)ccc2c1CCCOc1cc(C)c(Cl)c(C)c1. The maximum absolute atomic E-state index is 13.1. The van der Waals surface area contributed by atoms with Crippen molar-refractivity contribution in [2.45, 2.75) is 80.4 Å². The summed E-state index contributed by atoms with van der Waals surface area (Å²) in [4.78, 5) is 29.0. The van der Waals surface area contributed by atoms with Crippen LogP contribution in [0.25, 0.3) is 22.0 Å². The first kappa shape index (κ1) is 32.4. The molecule has 230 valence electrons. The fourth-order valence-electron chi connectivity index (χ4n) is 5.31. The maximum Gasteiger partial charge on any atom is 0.355 e. The monoisotopic (exact) mass is 627 g/mol. The molecule has 1 N–H and O–H groups in total. The van der Waals surface area contributed by atoms with E-state index >= 15 is 0 Å². The van der Waals surface area contributed by atoms with E-state index in [9.17, 15) is 9.59 Å². The first-order valence-electron chi connectivity index (χ1n) is 14.4. The van der Waals surface area contributed by atoms with Crippen molar-refractivity contribution in [2.75, 3.05) is 13.2 Å². The normalized spacial score (nSPS) is 11.7. The number of aromatic nitrogens is 3. The highest BCUT2D eigenvalue weighted by molar-refractivity contribution is 6.35. The number of carbonyl (C=O) groups is 2. The Bertz CT molecular complexity index is 1660. The minimum absolute atomic E-state index is 0.0335. The third-order valence-corrected chi connectivity index (χ3v) is 8.00. The van der Waals surface area contributed by atoms with Gasteiger partial charge in [0, 0.05) is 27.2 Å². The average Bonchev–Trinajstić information content (AvgIpc) is 3.40. The van der Waals surface area contributed by atoms with E-state index in [-0.39, 0.29) is 19.1 Å². The van der Waals surface area contributed by atoms with Crippen LogP contribution in [0.4, 0.5) is 0 Å². The third kappa shape index (κ3) is 7.19. The number of esters is 2. The van der Waals surface area contributed by atoms with Gasteiger partial charge in [0.1, 0.15) is 23.6 Å². The summed E-state index contributed by atoms with van der Waals surface area (Å²) < 4.78 is 18.6. The quantitative estimate of drug-likeness (QED) is 0.141. The zero-order chi connectivity index (χ0) is 31.6. The van der Waals surface area contributed by atoms with E-state index in [1.54, 1.807) is 11.6 Å². The number of nitrogens with one attached hydrogen (secondary N) is 1. The van der Waals surface area contributed by atoms with Gasteiger partial charge in [-0.3, -0.25) is 9.48 Å². The predicted octanol–water partition coefficient (Wildman–Crippen LogP) is 8.10. The maximum atomic E-state index is 13.1. The number of hydrogen-bond acceptors (Lipinski definition) is 6. The summed E-state index contributed by atoms with van der Waals surface area (Å²) in [5, 5.41) is 6.73. The molecule has 4 aromatic rings. The predicted molar refractivity (Wildman–Crippen MR) is 171 cm³/mol. The van der Waals surface area contributed by atoms with Crippen molar-refractivity contribution in [3.63, 3.8) is 0 Å². The lowest BCUT2D eigenvalue weighted by atomic mass is 9.98. The Labute approximate surface area is 262 Å². The minimum Gasteiger partial charge on any atom is -0.494 e. The van der Waals surface area contributed by atoms with E-state index in [1.165, 1.54) is 0 Å². The minimum atomic E-state index is -0.604. The van der Waals surface area contributed by atoms with Crippen molar-refractivity contribution in [3.8, 4) is 16.9 Å². The van der Waals surface area contributed by atoms with Crippen LogP contribution in [0.5, 0.6) is 5.75 Å². The second-order valence-corrected chi connectivity index (χ2v) is 12.4. The highest BCUT2D eigenvalue weighted by Gasteiger charge is 2.26. The molecule has 0 amide bonds. The van der Waals surface area contributed by atoms with Gasteiger partial charge in [-0.15, -0.1) is 0 Å². The van der Waals surface area contributed by atoms with Gasteiger partial charge in [-0.05, 0) is 103 Å². The van der Waals surface area contributed by atoms with Crippen molar-refractivity contribution in [1.29, 1.82) is 0 Å². The number of aromatic amines is 1. The van der Waals surface area contributed by atoms with Crippen LogP contribution in [0.2, 0.25) is 10.0 Å². The number of carbonyl (C=O) groups excluding carboxylic acids is 2. The van der Waals surface area contributed by atoms with E-state index in [0.717, 1.165) is 44.1 Å². The highest BCUT2D eigenvalue weighted by atomic mass is 35.5. The van der Waals surface area contributed by atoms with Crippen LogP contribution >= 0.6 is 23.2 Å². The van der Waals surface area contributed by atoms with Crippen LogP contribution in [0.15, 0.2) is 24.3 Å². The van der Waals surface area contributed by atoms with Gasteiger partial charge < -0.3 is 19.2 Å². The van der Waals surface area contributed by atoms with Gasteiger partial charge in [-0.25, -0.2) is 4.79 Å². The molecule has 0 aliphatic carbocycles. The van der Waals surface area contributed by atoms with Crippen LogP contribution in [-0.2, 0) is 27.2 Å². The van der Waals surface area contributed by atoms with E-state index in [1.807, 2.05) is 72.7 Å². The molecule has 8 nitrogen and oxygen atoms in total. The molecule has 0 spiro atoms. The molecule has 0 unspecified atom stereocenters. The molecule has 2 heterocycles. The molecule has 10 heteroatoms. The zero-order valence-corrected chi connectivity index (χ0v) is 27.5. The number of halogens is 2. The summed E-state index contributed by atoms with van der Waals surface area (Å²) in [6.45, 7) is 15.6. The van der Waals surface area contributed by atoms with Crippen LogP contribution in [0, 0.1) is 27.7 Å². The van der Waals surface area contributed by atoms with Crippen molar-refractivity contribution in [1.82, 2.24) is 14.8 Å². The highest BCUT2D eigenvalue weighted by Crippen LogP contribution is 2.40. The number of hydrogen-bond donors (Lipinski definition) is 1. The Morgan fingerprint density at radius 2 is 1.70 bits per heavy atom. The lowest BCUT2D eigenvalue weighted by Crippen LogP contribution is -2.27. The van der Waals surface area contributed by atoms with Gasteiger partial charge in [0.2, 0.25) is 0 Å². The van der Waals surface area contributed by atoms with Crippen molar-refractivity contribution < 1.29 is 23.8 Å². The molecular weight excluding hydrogens is 589 g/mol. The molecule has 0 bridgehead atoms. The fourth-order valence-corrected chi connectivity index (χ4v) is 5.67. The second-order valence-electron chi connectivity index (χ2n) is 11.7. The molecule has 43 heavy (non-hydrogen) atoms. The lowest BCUT2D eigenvalue weighted by Gasteiger charge is -2.19. The van der Waals surface area contributed by atoms with E-state index < -0.39 is 11.6 Å². The molecule has 0 aliphatic heterocycles. The molecule has 2 aromatic heterocycles. The molecule has 0 radical (unpaired) electrons. The van der Waals surface area contributed by atoms with E-state index in [0.29, 0.717) is 46.9 Å². The van der Waals surface area contributed by atoms with Crippen LogP contribution in [0.1, 0.15) is 72.7 Å². The number of benzene rings is 2.